The van der Waals surface area contributed by atoms with Gasteiger partial charge in [-0.15, -0.1) is 0 Å². The summed E-state index contributed by atoms with van der Waals surface area (Å²) in [5.74, 6) is -0.870. The maximum absolute atomic E-state index is 11.2. The second-order valence-corrected chi connectivity index (χ2v) is 4.61. The predicted octanol–water partition coefficient (Wildman–Crippen LogP) is 2.69. The number of carbonyl (C=O) groups is 1. The highest BCUT2D eigenvalue weighted by atomic mass is 16.5. The Kier molecular flexibility index (Phi) is 2.80. The summed E-state index contributed by atoms with van der Waals surface area (Å²) in [4.78, 5) is 11.2. The number of fused-ring (bicyclic) bond motifs is 1. The molecular weight excluding hydrogens is 230 g/mol. The minimum atomic E-state index is -0.870. The standard InChI is InChI=1S/C14H15NO3/c16-14(17)12-2-1-3-13-11(12)4-7-15(13)10-5-8-18-9-6-10/h1-4,7,10H,5-6,8-9H2,(H,16,17). The Morgan fingerprint density at radius 2 is 2.06 bits per heavy atom. The molecule has 1 aliphatic heterocycles. The number of carboxylic acids is 1. The number of nitrogens with zero attached hydrogens (tertiary/aromatic N) is 1. The van der Waals surface area contributed by atoms with Crippen LogP contribution in [0.5, 0.6) is 0 Å². The Labute approximate surface area is 105 Å². The first-order valence-electron chi connectivity index (χ1n) is 6.18. The second kappa shape index (κ2) is 4.46. The average molecular weight is 245 g/mol. The maximum Gasteiger partial charge on any atom is 0.336 e. The molecule has 1 aromatic carbocycles. The van der Waals surface area contributed by atoms with E-state index in [-0.39, 0.29) is 0 Å². The number of hydrogen-bond donors (Lipinski definition) is 1. The molecule has 2 heterocycles. The fourth-order valence-electron chi connectivity index (χ4n) is 2.66. The number of carboxylic acid groups (broad SMARTS) is 1. The number of aromatic carboxylic acids is 1. The van der Waals surface area contributed by atoms with Gasteiger partial charge in [-0.1, -0.05) is 6.07 Å². The van der Waals surface area contributed by atoms with E-state index in [2.05, 4.69) is 4.57 Å². The lowest BCUT2D eigenvalue weighted by Gasteiger charge is -2.24. The van der Waals surface area contributed by atoms with E-state index in [1.165, 1.54) is 0 Å². The van der Waals surface area contributed by atoms with Gasteiger partial charge in [-0.2, -0.15) is 0 Å². The molecule has 2 aromatic rings. The van der Waals surface area contributed by atoms with E-state index in [1.807, 2.05) is 24.4 Å². The summed E-state index contributed by atoms with van der Waals surface area (Å²) in [6.07, 6.45) is 3.97. The molecule has 0 amide bonds. The summed E-state index contributed by atoms with van der Waals surface area (Å²) in [6, 6.07) is 7.76. The molecule has 0 bridgehead atoms. The minimum absolute atomic E-state index is 0.373. The Bertz CT molecular complexity index is 582. The molecule has 0 atom stereocenters. The second-order valence-electron chi connectivity index (χ2n) is 4.61. The van der Waals surface area contributed by atoms with Crippen molar-refractivity contribution in [1.29, 1.82) is 0 Å². The molecule has 4 heteroatoms. The smallest absolute Gasteiger partial charge is 0.336 e. The van der Waals surface area contributed by atoms with Crippen LogP contribution in [-0.4, -0.2) is 28.9 Å². The van der Waals surface area contributed by atoms with Crippen molar-refractivity contribution in [2.75, 3.05) is 13.2 Å². The van der Waals surface area contributed by atoms with Crippen LogP contribution in [0.25, 0.3) is 10.9 Å². The van der Waals surface area contributed by atoms with Gasteiger partial charge < -0.3 is 14.4 Å². The van der Waals surface area contributed by atoms with Gasteiger partial charge >= 0.3 is 5.97 Å². The third-order valence-electron chi connectivity index (χ3n) is 3.58. The SMILES string of the molecule is O=C(O)c1cccc2c1ccn2C1CCOCC1. The molecule has 0 aliphatic carbocycles. The zero-order valence-electron chi connectivity index (χ0n) is 10.0. The molecule has 0 radical (unpaired) electrons. The molecule has 4 nitrogen and oxygen atoms in total. The van der Waals surface area contributed by atoms with Gasteiger partial charge in [0, 0.05) is 36.4 Å². The Balaban J connectivity index is 2.08. The molecule has 1 N–H and O–H groups in total. The van der Waals surface area contributed by atoms with Crippen molar-refractivity contribution in [2.45, 2.75) is 18.9 Å². The molecule has 1 saturated heterocycles. The summed E-state index contributed by atoms with van der Waals surface area (Å²) in [7, 11) is 0. The van der Waals surface area contributed by atoms with Gasteiger partial charge in [0.25, 0.3) is 0 Å². The predicted molar refractivity (Wildman–Crippen MR) is 68.0 cm³/mol. The fraction of sp³-hybridized carbons (Fsp3) is 0.357. The van der Waals surface area contributed by atoms with E-state index in [0.29, 0.717) is 11.6 Å². The summed E-state index contributed by atoms with van der Waals surface area (Å²) < 4.78 is 7.55. The van der Waals surface area contributed by atoms with E-state index in [0.717, 1.165) is 37.0 Å². The lowest BCUT2D eigenvalue weighted by Crippen LogP contribution is -2.18. The first kappa shape index (κ1) is 11.3. The van der Waals surface area contributed by atoms with Crippen LogP contribution >= 0.6 is 0 Å². The molecule has 0 unspecified atom stereocenters. The molecule has 94 valence electrons. The third-order valence-corrected chi connectivity index (χ3v) is 3.58. The Morgan fingerprint density at radius 3 is 2.78 bits per heavy atom. The number of hydrogen-bond acceptors (Lipinski definition) is 2. The molecule has 1 aliphatic rings. The summed E-state index contributed by atoms with van der Waals surface area (Å²) in [6.45, 7) is 1.56. The van der Waals surface area contributed by atoms with Crippen LogP contribution < -0.4 is 0 Å². The van der Waals surface area contributed by atoms with Crippen LogP contribution in [0.1, 0.15) is 29.2 Å². The van der Waals surface area contributed by atoms with E-state index in [1.54, 1.807) is 6.07 Å². The van der Waals surface area contributed by atoms with Gasteiger partial charge in [-0.25, -0.2) is 4.79 Å². The Hall–Kier alpha value is -1.81. The first-order valence-corrected chi connectivity index (χ1v) is 6.18. The molecule has 0 spiro atoms. The first-order chi connectivity index (χ1) is 8.77. The van der Waals surface area contributed by atoms with E-state index < -0.39 is 5.97 Å². The molecule has 1 aromatic heterocycles. The lowest BCUT2D eigenvalue weighted by molar-refractivity contribution is 0.0696. The van der Waals surface area contributed by atoms with Crippen molar-refractivity contribution in [3.8, 4) is 0 Å². The van der Waals surface area contributed by atoms with Crippen LogP contribution in [-0.2, 0) is 4.74 Å². The van der Waals surface area contributed by atoms with Gasteiger partial charge in [0.2, 0.25) is 0 Å². The quantitative estimate of drug-likeness (QED) is 0.885. The maximum atomic E-state index is 11.2. The summed E-state index contributed by atoms with van der Waals surface area (Å²) >= 11 is 0. The topological polar surface area (TPSA) is 51.5 Å². The average Bonchev–Trinajstić information content (AvgIpc) is 2.83. The van der Waals surface area contributed by atoms with Gasteiger partial charge in [0.1, 0.15) is 0 Å². The highest BCUT2D eigenvalue weighted by molar-refractivity contribution is 6.03. The van der Waals surface area contributed by atoms with Crippen molar-refractivity contribution in [1.82, 2.24) is 4.57 Å². The van der Waals surface area contributed by atoms with E-state index in [4.69, 9.17) is 4.74 Å². The normalized spacial score (nSPS) is 17.1. The fourth-order valence-corrected chi connectivity index (χ4v) is 2.66. The van der Waals surface area contributed by atoms with Gasteiger partial charge in [-0.3, -0.25) is 0 Å². The van der Waals surface area contributed by atoms with Crippen molar-refractivity contribution in [3.05, 3.63) is 36.0 Å². The van der Waals surface area contributed by atoms with Crippen LogP contribution in [0.3, 0.4) is 0 Å². The molecule has 1 fully saturated rings. The number of benzene rings is 1. The van der Waals surface area contributed by atoms with Crippen LogP contribution in [0.4, 0.5) is 0 Å². The number of rotatable bonds is 2. The third kappa shape index (κ3) is 1.78. The number of ether oxygens (including phenoxy) is 1. The van der Waals surface area contributed by atoms with Gasteiger partial charge in [-0.05, 0) is 31.0 Å². The van der Waals surface area contributed by atoms with E-state index in [9.17, 15) is 9.90 Å². The van der Waals surface area contributed by atoms with Gasteiger partial charge in [0.05, 0.1) is 5.56 Å². The zero-order valence-corrected chi connectivity index (χ0v) is 10.0. The largest absolute Gasteiger partial charge is 0.478 e. The molecule has 0 saturated carbocycles. The highest BCUT2D eigenvalue weighted by Gasteiger charge is 2.18. The van der Waals surface area contributed by atoms with Gasteiger partial charge in [0.15, 0.2) is 0 Å². The van der Waals surface area contributed by atoms with Crippen molar-refractivity contribution in [3.63, 3.8) is 0 Å². The molecule has 18 heavy (non-hydrogen) atoms. The van der Waals surface area contributed by atoms with Crippen molar-refractivity contribution in [2.24, 2.45) is 0 Å². The minimum Gasteiger partial charge on any atom is -0.478 e. The zero-order chi connectivity index (χ0) is 12.5. The van der Waals surface area contributed by atoms with Crippen LogP contribution in [0.15, 0.2) is 30.5 Å². The monoisotopic (exact) mass is 245 g/mol. The van der Waals surface area contributed by atoms with Crippen LogP contribution in [0, 0.1) is 0 Å². The summed E-state index contributed by atoms with van der Waals surface area (Å²) in [5.41, 5.74) is 1.38. The Morgan fingerprint density at radius 1 is 1.28 bits per heavy atom. The van der Waals surface area contributed by atoms with Crippen LogP contribution in [0.2, 0.25) is 0 Å². The molecule has 3 rings (SSSR count). The highest BCUT2D eigenvalue weighted by Crippen LogP contribution is 2.28. The van der Waals surface area contributed by atoms with Crippen molar-refractivity contribution < 1.29 is 14.6 Å². The molecular formula is C14H15NO3. The number of aromatic nitrogens is 1. The van der Waals surface area contributed by atoms with E-state index >= 15 is 0 Å². The lowest BCUT2D eigenvalue weighted by atomic mass is 10.1. The van der Waals surface area contributed by atoms with Crippen molar-refractivity contribution >= 4 is 16.9 Å². The summed E-state index contributed by atoms with van der Waals surface area (Å²) in [5, 5.41) is 9.99.